The van der Waals surface area contributed by atoms with Crippen LogP contribution in [0, 0.1) is 12.8 Å². The molecule has 2 heterocycles. The minimum atomic E-state index is -0.298. The van der Waals surface area contributed by atoms with Crippen molar-refractivity contribution in [3.63, 3.8) is 0 Å². The molecule has 0 aliphatic carbocycles. The number of aromatic nitrogens is 2. The summed E-state index contributed by atoms with van der Waals surface area (Å²) >= 11 is 0. The van der Waals surface area contributed by atoms with Crippen LogP contribution in [0.15, 0.2) is 36.7 Å². The van der Waals surface area contributed by atoms with Crippen LogP contribution in [0.3, 0.4) is 0 Å². The van der Waals surface area contributed by atoms with Gasteiger partial charge in [-0.3, -0.25) is 9.48 Å². The number of benzene rings is 1. The molecule has 1 fully saturated rings. The molecule has 1 amide bonds. The molecule has 1 aliphatic heterocycles. The predicted molar refractivity (Wildman–Crippen MR) is 111 cm³/mol. The number of piperidine rings is 1. The van der Waals surface area contributed by atoms with Gasteiger partial charge in [0.1, 0.15) is 6.04 Å². The van der Waals surface area contributed by atoms with Gasteiger partial charge < -0.3 is 10.2 Å². The molecule has 1 N–H and O–H groups in total. The van der Waals surface area contributed by atoms with Gasteiger partial charge >= 0.3 is 0 Å². The highest BCUT2D eigenvalue weighted by Gasteiger charge is 2.29. The van der Waals surface area contributed by atoms with Crippen molar-refractivity contribution >= 4 is 18.3 Å². The molecule has 1 unspecified atom stereocenters. The molecule has 0 spiro atoms. The first-order valence-electron chi connectivity index (χ1n) is 9.57. The molecular weight excluding hydrogens is 360 g/mol. The highest BCUT2D eigenvalue weighted by Crippen LogP contribution is 2.25. The topological polar surface area (TPSA) is 50.2 Å². The second-order valence-corrected chi connectivity index (χ2v) is 7.46. The normalized spacial score (nSPS) is 16.0. The van der Waals surface area contributed by atoms with Crippen LogP contribution in [0.4, 0.5) is 0 Å². The van der Waals surface area contributed by atoms with Crippen molar-refractivity contribution in [1.82, 2.24) is 20.0 Å². The van der Waals surface area contributed by atoms with E-state index in [0.29, 0.717) is 5.92 Å². The van der Waals surface area contributed by atoms with Crippen LogP contribution in [0.5, 0.6) is 0 Å². The lowest BCUT2D eigenvalue weighted by atomic mass is 9.90. The Bertz CT molecular complexity index is 720. The number of nitrogens with one attached hydrogen (secondary N) is 1. The van der Waals surface area contributed by atoms with Crippen LogP contribution < -0.4 is 5.32 Å². The van der Waals surface area contributed by atoms with Crippen LogP contribution in [0.2, 0.25) is 0 Å². The lowest BCUT2D eigenvalue weighted by Gasteiger charge is -2.34. The number of amides is 1. The monoisotopic (exact) mass is 390 g/mol. The van der Waals surface area contributed by atoms with E-state index in [0.717, 1.165) is 37.9 Å². The van der Waals surface area contributed by atoms with Gasteiger partial charge in [0.2, 0.25) is 5.91 Å². The molecule has 1 saturated heterocycles. The fraction of sp³-hybridized carbons (Fsp3) is 0.524. The number of hydrogen-bond acceptors (Lipinski definition) is 3. The van der Waals surface area contributed by atoms with E-state index < -0.39 is 0 Å². The fourth-order valence-electron chi connectivity index (χ4n) is 3.77. The van der Waals surface area contributed by atoms with Crippen molar-refractivity contribution in [1.29, 1.82) is 0 Å². The van der Waals surface area contributed by atoms with Gasteiger partial charge in [-0.1, -0.05) is 29.8 Å². The molecule has 1 aliphatic rings. The summed E-state index contributed by atoms with van der Waals surface area (Å²) in [5.74, 6) is 0.879. The third-order valence-corrected chi connectivity index (χ3v) is 5.48. The Balaban J connectivity index is 0.00000261. The van der Waals surface area contributed by atoms with Crippen LogP contribution in [0.1, 0.15) is 42.0 Å². The Hall–Kier alpha value is -1.85. The van der Waals surface area contributed by atoms with Crippen molar-refractivity contribution in [2.45, 2.75) is 38.6 Å². The van der Waals surface area contributed by atoms with Crippen LogP contribution in [-0.4, -0.2) is 40.7 Å². The largest absolute Gasteiger partial charge is 0.341 e. The number of aryl methyl sites for hydroxylation is 3. The molecule has 1 aromatic heterocycles. The van der Waals surface area contributed by atoms with E-state index in [1.807, 2.05) is 25.2 Å². The quantitative estimate of drug-likeness (QED) is 0.823. The second kappa shape index (κ2) is 9.90. The van der Waals surface area contributed by atoms with Crippen LogP contribution >= 0.6 is 12.4 Å². The van der Waals surface area contributed by atoms with Crippen molar-refractivity contribution in [2.24, 2.45) is 13.0 Å². The molecule has 0 saturated carbocycles. The van der Waals surface area contributed by atoms with Crippen molar-refractivity contribution < 1.29 is 4.79 Å². The van der Waals surface area contributed by atoms with Crippen molar-refractivity contribution in [3.8, 4) is 0 Å². The highest BCUT2D eigenvalue weighted by molar-refractivity contribution is 5.85. The van der Waals surface area contributed by atoms with Gasteiger partial charge in [-0.25, -0.2) is 0 Å². The summed E-state index contributed by atoms with van der Waals surface area (Å²) in [5, 5.41) is 7.34. The van der Waals surface area contributed by atoms with E-state index in [-0.39, 0.29) is 24.4 Å². The zero-order valence-electron chi connectivity index (χ0n) is 16.5. The maximum absolute atomic E-state index is 12.9. The lowest BCUT2D eigenvalue weighted by Crippen LogP contribution is -2.44. The maximum Gasteiger partial charge on any atom is 0.244 e. The SMILES string of the molecule is CNC(C(=O)N1CCC(CCc2ccc(C)cc2)CC1)c1cnn(C)c1.Cl. The number of likely N-dealkylation sites (N-methyl/N-ethyl adjacent to an activating group) is 1. The van der Waals surface area contributed by atoms with E-state index in [4.69, 9.17) is 0 Å². The van der Waals surface area contributed by atoms with Crippen molar-refractivity contribution in [3.05, 3.63) is 53.3 Å². The van der Waals surface area contributed by atoms with Gasteiger partial charge in [0.05, 0.1) is 6.20 Å². The van der Waals surface area contributed by atoms with E-state index in [1.54, 1.807) is 10.9 Å². The predicted octanol–water partition coefficient (Wildman–Crippen LogP) is 3.28. The summed E-state index contributed by atoms with van der Waals surface area (Å²) < 4.78 is 1.74. The molecule has 1 atom stereocenters. The van der Waals surface area contributed by atoms with Gasteiger partial charge in [0.25, 0.3) is 0 Å². The zero-order valence-corrected chi connectivity index (χ0v) is 17.3. The smallest absolute Gasteiger partial charge is 0.244 e. The number of carbonyl (C=O) groups is 1. The Morgan fingerprint density at radius 3 is 2.48 bits per heavy atom. The first kappa shape index (κ1) is 21.5. The molecule has 5 nitrogen and oxygen atoms in total. The number of nitrogens with zero attached hydrogens (tertiary/aromatic N) is 3. The average Bonchev–Trinajstić information content (AvgIpc) is 3.08. The average molecular weight is 391 g/mol. The standard InChI is InChI=1S/C21H30N4O.ClH/c1-16-4-6-17(7-5-16)8-9-18-10-12-25(13-11-18)21(26)20(22-2)19-14-23-24(3)15-19;/h4-7,14-15,18,20,22H,8-13H2,1-3H3;1H. The van der Waals surface area contributed by atoms with Gasteiger partial charge in [-0.05, 0) is 51.1 Å². The van der Waals surface area contributed by atoms with E-state index in [2.05, 4.69) is 41.6 Å². The summed E-state index contributed by atoms with van der Waals surface area (Å²) in [7, 11) is 3.71. The first-order valence-corrected chi connectivity index (χ1v) is 9.57. The van der Waals surface area contributed by atoms with Crippen LogP contribution in [-0.2, 0) is 18.3 Å². The minimum Gasteiger partial charge on any atom is -0.341 e. The summed E-state index contributed by atoms with van der Waals surface area (Å²) in [6.07, 6.45) is 8.22. The van der Waals surface area contributed by atoms with Crippen molar-refractivity contribution in [2.75, 3.05) is 20.1 Å². The summed E-state index contributed by atoms with van der Waals surface area (Å²) in [4.78, 5) is 14.9. The molecule has 2 aromatic rings. The Morgan fingerprint density at radius 2 is 1.93 bits per heavy atom. The number of carbonyl (C=O) groups excluding carboxylic acids is 1. The van der Waals surface area contributed by atoms with Gasteiger partial charge in [0.15, 0.2) is 0 Å². The molecule has 27 heavy (non-hydrogen) atoms. The number of likely N-dealkylation sites (tertiary alicyclic amines) is 1. The third kappa shape index (κ3) is 5.56. The number of halogens is 1. The molecule has 3 rings (SSSR count). The summed E-state index contributed by atoms with van der Waals surface area (Å²) in [6.45, 7) is 3.84. The highest BCUT2D eigenvalue weighted by atomic mass is 35.5. The van der Waals surface area contributed by atoms with E-state index in [1.165, 1.54) is 17.5 Å². The maximum atomic E-state index is 12.9. The van der Waals surface area contributed by atoms with Gasteiger partial charge in [-0.15, -0.1) is 12.4 Å². The number of rotatable bonds is 6. The third-order valence-electron chi connectivity index (χ3n) is 5.48. The fourth-order valence-corrected chi connectivity index (χ4v) is 3.77. The van der Waals surface area contributed by atoms with Gasteiger partial charge in [0, 0.05) is 31.9 Å². The zero-order chi connectivity index (χ0) is 18.5. The molecule has 0 radical (unpaired) electrons. The minimum absolute atomic E-state index is 0. The summed E-state index contributed by atoms with van der Waals surface area (Å²) in [6, 6.07) is 8.55. The number of hydrogen-bond donors (Lipinski definition) is 1. The Kier molecular flexibility index (Phi) is 7.87. The summed E-state index contributed by atoms with van der Waals surface area (Å²) in [5.41, 5.74) is 3.66. The van der Waals surface area contributed by atoms with Crippen LogP contribution in [0.25, 0.3) is 0 Å². The second-order valence-electron chi connectivity index (χ2n) is 7.46. The Morgan fingerprint density at radius 1 is 1.26 bits per heavy atom. The van der Waals surface area contributed by atoms with E-state index >= 15 is 0 Å². The lowest BCUT2D eigenvalue weighted by molar-refractivity contribution is -0.135. The molecule has 6 heteroatoms. The molecular formula is C21H31ClN4O. The Labute approximate surface area is 168 Å². The molecule has 1 aromatic carbocycles. The molecule has 0 bridgehead atoms. The molecule has 148 valence electrons. The van der Waals surface area contributed by atoms with Gasteiger partial charge in [-0.2, -0.15) is 5.10 Å². The van der Waals surface area contributed by atoms with E-state index in [9.17, 15) is 4.79 Å². The first-order chi connectivity index (χ1) is 12.6.